The molecule has 0 bridgehead atoms. The molecule has 0 aromatic carbocycles. The van der Waals surface area contributed by atoms with Gasteiger partial charge < -0.3 is 10.6 Å². The fourth-order valence-electron chi connectivity index (χ4n) is 2.02. The number of aryl methyl sites for hydroxylation is 1. The second-order valence-corrected chi connectivity index (χ2v) is 4.49. The van der Waals surface area contributed by atoms with Crippen LogP contribution in [0.1, 0.15) is 34.5 Å². The molecule has 1 saturated heterocycles. The molecule has 0 radical (unpaired) electrons. The number of carbonyl (C=O) groups excluding carboxylic acids is 1. The van der Waals surface area contributed by atoms with Gasteiger partial charge in [-0.15, -0.1) is 0 Å². The van der Waals surface area contributed by atoms with Crippen molar-refractivity contribution in [2.24, 2.45) is 0 Å². The second kappa shape index (κ2) is 5.61. The summed E-state index contributed by atoms with van der Waals surface area (Å²) in [6.07, 6.45) is 3.34. The molecular formula is C13H16N4O. The predicted molar refractivity (Wildman–Crippen MR) is 67.0 cm³/mol. The van der Waals surface area contributed by atoms with Crippen LogP contribution in [0.3, 0.4) is 0 Å². The van der Waals surface area contributed by atoms with E-state index in [2.05, 4.69) is 15.6 Å². The van der Waals surface area contributed by atoms with E-state index in [4.69, 9.17) is 5.26 Å². The maximum atomic E-state index is 12.0. The summed E-state index contributed by atoms with van der Waals surface area (Å²) in [6, 6.07) is 3.92. The summed E-state index contributed by atoms with van der Waals surface area (Å²) in [5, 5.41) is 15.0. The van der Waals surface area contributed by atoms with Gasteiger partial charge in [0.15, 0.2) is 0 Å². The average Bonchev–Trinajstić information content (AvgIpc) is 2.39. The zero-order chi connectivity index (χ0) is 13.0. The lowest BCUT2D eigenvalue weighted by molar-refractivity contribution is 0.0924. The van der Waals surface area contributed by atoms with Crippen LogP contribution in [0, 0.1) is 18.3 Å². The number of carbonyl (C=O) groups is 1. The van der Waals surface area contributed by atoms with Gasteiger partial charge in [0.05, 0.1) is 5.56 Å². The Bertz CT molecular complexity index is 486. The lowest BCUT2D eigenvalue weighted by Crippen LogP contribution is -2.42. The summed E-state index contributed by atoms with van der Waals surface area (Å²) < 4.78 is 0. The minimum Gasteiger partial charge on any atom is -0.348 e. The lowest BCUT2D eigenvalue weighted by Gasteiger charge is -2.23. The van der Waals surface area contributed by atoms with Crippen LogP contribution in [0.5, 0.6) is 0 Å². The van der Waals surface area contributed by atoms with E-state index in [0.717, 1.165) is 31.5 Å². The zero-order valence-corrected chi connectivity index (χ0v) is 10.4. The summed E-state index contributed by atoms with van der Waals surface area (Å²) in [7, 11) is 0. The summed E-state index contributed by atoms with van der Waals surface area (Å²) in [5.74, 6) is -0.158. The first kappa shape index (κ1) is 12.5. The summed E-state index contributed by atoms with van der Waals surface area (Å²) in [5.41, 5.74) is 1.67. The minimum absolute atomic E-state index is 0.158. The third-order valence-corrected chi connectivity index (χ3v) is 3.14. The summed E-state index contributed by atoms with van der Waals surface area (Å²) in [6.45, 7) is 3.68. The molecule has 0 atom stereocenters. The molecule has 5 nitrogen and oxygen atoms in total. The van der Waals surface area contributed by atoms with Gasteiger partial charge in [0.1, 0.15) is 11.8 Å². The van der Waals surface area contributed by atoms with E-state index in [0.29, 0.717) is 11.3 Å². The molecule has 94 valence electrons. The zero-order valence-electron chi connectivity index (χ0n) is 10.4. The Labute approximate surface area is 106 Å². The van der Waals surface area contributed by atoms with E-state index >= 15 is 0 Å². The van der Waals surface area contributed by atoms with E-state index in [9.17, 15) is 4.79 Å². The third-order valence-electron chi connectivity index (χ3n) is 3.14. The molecule has 0 spiro atoms. The van der Waals surface area contributed by atoms with Crippen molar-refractivity contribution in [1.82, 2.24) is 15.6 Å². The number of hydrogen-bond donors (Lipinski definition) is 2. The van der Waals surface area contributed by atoms with Crippen molar-refractivity contribution < 1.29 is 4.79 Å². The molecule has 1 aliphatic rings. The summed E-state index contributed by atoms with van der Waals surface area (Å²) in [4.78, 5) is 16.0. The number of amides is 1. The molecule has 1 aromatic heterocycles. The molecule has 2 N–H and O–H groups in total. The molecule has 1 amide bonds. The predicted octanol–water partition coefficient (Wildman–Crippen LogP) is 0.743. The normalized spacial score (nSPS) is 16.0. The molecule has 1 fully saturated rings. The average molecular weight is 244 g/mol. The number of hydrogen-bond acceptors (Lipinski definition) is 4. The molecule has 2 rings (SSSR count). The highest BCUT2D eigenvalue weighted by Crippen LogP contribution is 2.08. The van der Waals surface area contributed by atoms with E-state index in [1.807, 2.05) is 13.0 Å². The largest absolute Gasteiger partial charge is 0.348 e. The Morgan fingerprint density at radius 2 is 2.28 bits per heavy atom. The number of nitriles is 1. The van der Waals surface area contributed by atoms with Gasteiger partial charge in [-0.05, 0) is 44.5 Å². The maximum Gasteiger partial charge on any atom is 0.270 e. The highest BCUT2D eigenvalue weighted by atomic mass is 16.1. The number of piperidine rings is 1. The van der Waals surface area contributed by atoms with E-state index in [1.54, 1.807) is 6.07 Å². The Kier molecular flexibility index (Phi) is 3.90. The van der Waals surface area contributed by atoms with Gasteiger partial charge >= 0.3 is 0 Å². The van der Waals surface area contributed by atoms with E-state index in [-0.39, 0.29) is 11.9 Å². The van der Waals surface area contributed by atoms with Crippen molar-refractivity contribution in [3.63, 3.8) is 0 Å². The van der Waals surface area contributed by atoms with Gasteiger partial charge in [0.2, 0.25) is 0 Å². The van der Waals surface area contributed by atoms with Gasteiger partial charge in [-0.1, -0.05) is 0 Å². The van der Waals surface area contributed by atoms with Crippen molar-refractivity contribution in [1.29, 1.82) is 5.26 Å². The van der Waals surface area contributed by atoms with Crippen LogP contribution >= 0.6 is 0 Å². The quantitative estimate of drug-likeness (QED) is 0.804. The first-order chi connectivity index (χ1) is 8.70. The maximum absolute atomic E-state index is 12.0. The first-order valence-electron chi connectivity index (χ1n) is 6.09. The number of nitrogens with zero attached hydrogens (tertiary/aromatic N) is 2. The van der Waals surface area contributed by atoms with Crippen molar-refractivity contribution in [2.75, 3.05) is 13.1 Å². The minimum atomic E-state index is -0.158. The van der Waals surface area contributed by atoms with Gasteiger partial charge in [-0.25, -0.2) is 4.98 Å². The molecule has 0 saturated carbocycles. The van der Waals surface area contributed by atoms with E-state index < -0.39 is 0 Å². The van der Waals surface area contributed by atoms with Crippen LogP contribution in [0.2, 0.25) is 0 Å². The van der Waals surface area contributed by atoms with Crippen molar-refractivity contribution in [3.05, 3.63) is 29.1 Å². The highest BCUT2D eigenvalue weighted by Gasteiger charge is 2.17. The molecule has 2 heterocycles. The first-order valence-corrected chi connectivity index (χ1v) is 6.09. The molecule has 1 aliphatic heterocycles. The number of nitrogens with one attached hydrogen (secondary N) is 2. The highest BCUT2D eigenvalue weighted by molar-refractivity contribution is 5.92. The Balaban J connectivity index is 2.04. The van der Waals surface area contributed by atoms with Crippen LogP contribution < -0.4 is 10.6 Å². The van der Waals surface area contributed by atoms with Gasteiger partial charge in [0, 0.05) is 12.2 Å². The second-order valence-electron chi connectivity index (χ2n) is 4.49. The number of rotatable bonds is 2. The van der Waals surface area contributed by atoms with Crippen LogP contribution in [0.4, 0.5) is 0 Å². The number of pyridine rings is 1. The molecule has 5 heteroatoms. The van der Waals surface area contributed by atoms with Gasteiger partial charge in [-0.2, -0.15) is 5.26 Å². The van der Waals surface area contributed by atoms with Crippen LogP contribution in [0.15, 0.2) is 12.3 Å². The van der Waals surface area contributed by atoms with Crippen LogP contribution in [-0.4, -0.2) is 30.0 Å². The SMILES string of the molecule is Cc1cc(C(=O)NC2CCNCC2)ncc1C#N. The molecule has 1 aromatic rings. The Morgan fingerprint density at radius 1 is 1.56 bits per heavy atom. The molecule has 0 aliphatic carbocycles. The Morgan fingerprint density at radius 3 is 2.89 bits per heavy atom. The van der Waals surface area contributed by atoms with E-state index in [1.165, 1.54) is 6.20 Å². The Hall–Kier alpha value is -1.93. The van der Waals surface area contributed by atoms with Crippen molar-refractivity contribution in [2.45, 2.75) is 25.8 Å². The van der Waals surface area contributed by atoms with Gasteiger partial charge in [0.25, 0.3) is 5.91 Å². The van der Waals surface area contributed by atoms with Crippen molar-refractivity contribution in [3.8, 4) is 6.07 Å². The third kappa shape index (κ3) is 2.84. The fraction of sp³-hybridized carbons (Fsp3) is 0.462. The smallest absolute Gasteiger partial charge is 0.270 e. The number of aromatic nitrogens is 1. The lowest BCUT2D eigenvalue weighted by atomic mass is 10.1. The summed E-state index contributed by atoms with van der Waals surface area (Å²) >= 11 is 0. The standard InChI is InChI=1S/C13H16N4O/c1-9-6-12(16-8-10(9)7-14)13(18)17-11-2-4-15-5-3-11/h6,8,11,15H,2-5H2,1H3,(H,17,18). The monoisotopic (exact) mass is 244 g/mol. The van der Waals surface area contributed by atoms with Gasteiger partial charge in [-0.3, -0.25) is 4.79 Å². The van der Waals surface area contributed by atoms with Crippen LogP contribution in [-0.2, 0) is 0 Å². The molecular weight excluding hydrogens is 228 g/mol. The molecule has 0 unspecified atom stereocenters. The fourth-order valence-corrected chi connectivity index (χ4v) is 2.02. The topological polar surface area (TPSA) is 77.8 Å². The van der Waals surface area contributed by atoms with Crippen molar-refractivity contribution >= 4 is 5.91 Å². The van der Waals surface area contributed by atoms with Crippen LogP contribution in [0.25, 0.3) is 0 Å². The molecule has 18 heavy (non-hydrogen) atoms.